The first-order valence-electron chi connectivity index (χ1n) is 6.00. The molecule has 1 fully saturated rings. The second-order valence-corrected chi connectivity index (χ2v) is 6.69. The first-order valence-corrected chi connectivity index (χ1v) is 7.83. The summed E-state index contributed by atoms with van der Waals surface area (Å²) in [4.78, 5) is 14.1. The van der Waals surface area contributed by atoms with E-state index in [0.29, 0.717) is 25.0 Å². The third-order valence-corrected chi connectivity index (χ3v) is 4.57. The van der Waals surface area contributed by atoms with Crippen LogP contribution in [0.2, 0.25) is 0 Å². The fraction of sp³-hybridized carbons (Fsp3) is 0.400. The Bertz CT molecular complexity index is 699. The first-order chi connectivity index (χ1) is 9.53. The van der Waals surface area contributed by atoms with Gasteiger partial charge in [0, 0.05) is 25.5 Å². The smallest absolute Gasteiger partial charge is 0.257 e. The predicted octanol–water partition coefficient (Wildman–Crippen LogP) is -1.13. The summed E-state index contributed by atoms with van der Waals surface area (Å²) in [6.07, 6.45) is 3.30. The number of hydrogen-bond donors (Lipinski definition) is 1. The molecule has 9 nitrogen and oxygen atoms in total. The summed E-state index contributed by atoms with van der Waals surface area (Å²) in [7, 11) is -2.95. The summed E-state index contributed by atoms with van der Waals surface area (Å²) in [5, 5.41) is 4.03. The van der Waals surface area contributed by atoms with E-state index in [9.17, 15) is 8.42 Å². The minimum atomic E-state index is -2.95. The van der Waals surface area contributed by atoms with Gasteiger partial charge in [0.25, 0.3) is 5.95 Å². The van der Waals surface area contributed by atoms with E-state index in [-0.39, 0.29) is 17.5 Å². The lowest BCUT2D eigenvalue weighted by molar-refractivity contribution is 0.585. The Balaban J connectivity index is 1.91. The normalized spacial score (nSPS) is 18.1. The summed E-state index contributed by atoms with van der Waals surface area (Å²) in [6, 6.07) is 1.74. The van der Waals surface area contributed by atoms with E-state index in [1.165, 1.54) is 4.68 Å². The Hall–Kier alpha value is -2.23. The zero-order valence-electron chi connectivity index (χ0n) is 10.5. The molecule has 106 valence electrons. The standard InChI is InChI=1S/C10H13N7O2S/c11-8-13-9(16-4-6-20(18,19)7-5-16)15-10(14-8)17-3-1-2-12-17/h1-3H,4-7H2,(H2,11,13,14,15). The van der Waals surface area contributed by atoms with Crippen LogP contribution in [-0.4, -0.2) is 57.7 Å². The second kappa shape index (κ2) is 4.71. The van der Waals surface area contributed by atoms with Crippen LogP contribution in [0, 0.1) is 0 Å². The highest BCUT2D eigenvalue weighted by Crippen LogP contribution is 2.14. The van der Waals surface area contributed by atoms with Crippen LogP contribution < -0.4 is 10.6 Å². The highest BCUT2D eigenvalue weighted by Gasteiger charge is 2.24. The van der Waals surface area contributed by atoms with E-state index in [1.807, 2.05) is 0 Å². The summed E-state index contributed by atoms with van der Waals surface area (Å²) < 4.78 is 24.3. The van der Waals surface area contributed by atoms with Crippen molar-refractivity contribution in [3.05, 3.63) is 18.5 Å². The van der Waals surface area contributed by atoms with Gasteiger partial charge in [0.1, 0.15) is 0 Å². The lowest BCUT2D eigenvalue weighted by Crippen LogP contribution is -2.41. The van der Waals surface area contributed by atoms with Gasteiger partial charge in [0.2, 0.25) is 11.9 Å². The molecular formula is C10H13N7O2S. The van der Waals surface area contributed by atoms with Crippen LogP contribution in [0.4, 0.5) is 11.9 Å². The molecule has 0 aromatic carbocycles. The molecule has 2 N–H and O–H groups in total. The number of aromatic nitrogens is 5. The van der Waals surface area contributed by atoms with Crippen molar-refractivity contribution in [1.82, 2.24) is 24.7 Å². The predicted molar refractivity (Wildman–Crippen MR) is 72.2 cm³/mol. The van der Waals surface area contributed by atoms with Crippen molar-refractivity contribution in [2.45, 2.75) is 0 Å². The van der Waals surface area contributed by atoms with Gasteiger partial charge in [-0.1, -0.05) is 0 Å². The van der Waals surface area contributed by atoms with Gasteiger partial charge in [-0.2, -0.15) is 20.1 Å². The average molecular weight is 295 g/mol. The Labute approximate surface area is 115 Å². The maximum atomic E-state index is 11.4. The Morgan fingerprint density at radius 2 is 1.80 bits per heavy atom. The van der Waals surface area contributed by atoms with Crippen LogP contribution >= 0.6 is 0 Å². The molecule has 3 heterocycles. The molecule has 0 amide bonds. The van der Waals surface area contributed by atoms with Crippen LogP contribution in [0.1, 0.15) is 0 Å². The molecule has 0 spiro atoms. The number of nitrogens with two attached hydrogens (primary N) is 1. The molecule has 1 aliphatic heterocycles. The highest BCUT2D eigenvalue weighted by atomic mass is 32.2. The van der Waals surface area contributed by atoms with E-state index < -0.39 is 9.84 Å². The molecule has 0 atom stereocenters. The van der Waals surface area contributed by atoms with Gasteiger partial charge in [-0.05, 0) is 6.07 Å². The van der Waals surface area contributed by atoms with Crippen LogP contribution in [0.25, 0.3) is 5.95 Å². The minimum absolute atomic E-state index is 0.0777. The highest BCUT2D eigenvalue weighted by molar-refractivity contribution is 7.91. The van der Waals surface area contributed by atoms with Gasteiger partial charge >= 0.3 is 0 Å². The van der Waals surface area contributed by atoms with Gasteiger partial charge in [-0.3, -0.25) is 0 Å². The number of sulfone groups is 1. The Morgan fingerprint density at radius 1 is 1.10 bits per heavy atom. The number of hydrogen-bond acceptors (Lipinski definition) is 8. The lowest BCUT2D eigenvalue weighted by atomic mass is 10.5. The van der Waals surface area contributed by atoms with Crippen molar-refractivity contribution in [3.8, 4) is 5.95 Å². The molecule has 1 saturated heterocycles. The van der Waals surface area contributed by atoms with Crippen LogP contribution in [0.5, 0.6) is 0 Å². The maximum absolute atomic E-state index is 11.4. The quantitative estimate of drug-likeness (QED) is 0.739. The Kier molecular flexibility index (Phi) is 3.01. The topological polar surface area (TPSA) is 120 Å². The monoisotopic (exact) mass is 295 g/mol. The number of anilines is 2. The second-order valence-electron chi connectivity index (χ2n) is 4.38. The van der Waals surface area contributed by atoms with Crippen molar-refractivity contribution < 1.29 is 8.42 Å². The zero-order valence-corrected chi connectivity index (χ0v) is 11.4. The van der Waals surface area contributed by atoms with Crippen molar-refractivity contribution in [2.75, 3.05) is 35.2 Å². The molecule has 20 heavy (non-hydrogen) atoms. The number of nitrogen functional groups attached to an aromatic ring is 1. The van der Waals surface area contributed by atoms with Crippen LogP contribution in [-0.2, 0) is 9.84 Å². The molecule has 0 radical (unpaired) electrons. The molecule has 2 aromatic heterocycles. The largest absolute Gasteiger partial charge is 0.368 e. The molecule has 0 saturated carbocycles. The molecule has 1 aliphatic rings. The van der Waals surface area contributed by atoms with Crippen LogP contribution in [0.15, 0.2) is 18.5 Å². The summed E-state index contributed by atoms with van der Waals surface area (Å²) in [5.41, 5.74) is 5.68. The average Bonchev–Trinajstić information content (AvgIpc) is 2.91. The van der Waals surface area contributed by atoms with Gasteiger partial charge < -0.3 is 10.6 Å². The molecule has 0 unspecified atom stereocenters. The fourth-order valence-electron chi connectivity index (χ4n) is 1.91. The third kappa shape index (κ3) is 2.54. The fourth-order valence-corrected chi connectivity index (χ4v) is 3.11. The van der Waals surface area contributed by atoms with Crippen molar-refractivity contribution in [3.63, 3.8) is 0 Å². The lowest BCUT2D eigenvalue weighted by Gasteiger charge is -2.26. The molecule has 0 bridgehead atoms. The van der Waals surface area contributed by atoms with Gasteiger partial charge in [0.15, 0.2) is 9.84 Å². The molecular weight excluding hydrogens is 282 g/mol. The summed E-state index contributed by atoms with van der Waals surface area (Å²) in [6.45, 7) is 0.703. The van der Waals surface area contributed by atoms with Gasteiger partial charge in [-0.15, -0.1) is 0 Å². The van der Waals surface area contributed by atoms with E-state index in [2.05, 4.69) is 20.1 Å². The number of rotatable bonds is 2. The van der Waals surface area contributed by atoms with E-state index in [1.54, 1.807) is 23.4 Å². The van der Waals surface area contributed by atoms with Crippen molar-refractivity contribution in [2.24, 2.45) is 0 Å². The SMILES string of the molecule is Nc1nc(N2CCS(=O)(=O)CC2)nc(-n2cccn2)n1. The minimum Gasteiger partial charge on any atom is -0.368 e. The van der Waals surface area contributed by atoms with E-state index >= 15 is 0 Å². The van der Waals surface area contributed by atoms with E-state index in [4.69, 9.17) is 5.73 Å². The maximum Gasteiger partial charge on any atom is 0.257 e. The third-order valence-electron chi connectivity index (χ3n) is 2.97. The van der Waals surface area contributed by atoms with Gasteiger partial charge in [-0.25, -0.2) is 13.1 Å². The zero-order chi connectivity index (χ0) is 14.2. The summed E-state index contributed by atoms with van der Waals surface area (Å²) in [5.74, 6) is 0.948. The molecule has 0 aliphatic carbocycles. The van der Waals surface area contributed by atoms with Crippen molar-refractivity contribution >= 4 is 21.7 Å². The van der Waals surface area contributed by atoms with Crippen LogP contribution in [0.3, 0.4) is 0 Å². The molecule has 2 aromatic rings. The molecule has 10 heteroatoms. The van der Waals surface area contributed by atoms with Crippen molar-refractivity contribution in [1.29, 1.82) is 0 Å². The number of nitrogens with zero attached hydrogens (tertiary/aromatic N) is 6. The molecule has 3 rings (SSSR count). The van der Waals surface area contributed by atoms with Gasteiger partial charge in [0.05, 0.1) is 11.5 Å². The Morgan fingerprint density at radius 3 is 2.45 bits per heavy atom. The van der Waals surface area contributed by atoms with E-state index in [0.717, 1.165) is 0 Å². The first kappa shape index (κ1) is 12.8. The summed E-state index contributed by atoms with van der Waals surface area (Å²) >= 11 is 0.